The number of hydrogen-bond acceptors (Lipinski definition) is 7. The number of likely N-dealkylation sites (tertiary alicyclic amines) is 1. The highest BCUT2D eigenvalue weighted by atomic mass is 16.5. The van der Waals surface area contributed by atoms with E-state index in [1.165, 1.54) is 7.11 Å². The summed E-state index contributed by atoms with van der Waals surface area (Å²) in [6.45, 7) is 7.81. The molecule has 0 aliphatic carbocycles. The van der Waals surface area contributed by atoms with Crippen molar-refractivity contribution in [3.63, 3.8) is 0 Å². The second-order valence-corrected chi connectivity index (χ2v) is 14.7. The van der Waals surface area contributed by atoms with E-state index in [1.807, 2.05) is 66.2 Å². The molecular weight excluding hydrogens is 707 g/mol. The van der Waals surface area contributed by atoms with Crippen LogP contribution in [0.5, 0.6) is 5.75 Å². The number of carbonyl (C=O) groups is 3. The first kappa shape index (κ1) is 36.8. The Morgan fingerprint density at radius 2 is 1.86 bits per heavy atom. The third-order valence-corrected chi connectivity index (χ3v) is 11.1. The number of hydrogen-bond donors (Lipinski definition) is 3. The highest BCUT2D eigenvalue weighted by molar-refractivity contribution is 6.07. The summed E-state index contributed by atoms with van der Waals surface area (Å²) in [6, 6.07) is 22.7. The minimum Gasteiger partial charge on any atom is -0.488 e. The zero-order valence-corrected chi connectivity index (χ0v) is 32.2. The molecule has 3 atom stereocenters. The number of rotatable bonds is 11. The number of fused-ring (bicyclic) bond motifs is 6. The summed E-state index contributed by atoms with van der Waals surface area (Å²) in [5.41, 5.74) is 7.48. The van der Waals surface area contributed by atoms with Crippen molar-refractivity contribution >= 4 is 39.7 Å². The number of nitrogens with one attached hydrogen (secondary N) is 3. The Balaban J connectivity index is 1.06. The van der Waals surface area contributed by atoms with Crippen molar-refractivity contribution < 1.29 is 23.9 Å². The summed E-state index contributed by atoms with van der Waals surface area (Å²) < 4.78 is 11.3. The van der Waals surface area contributed by atoms with Crippen LogP contribution in [0, 0.1) is 0 Å². The lowest BCUT2D eigenvalue weighted by Gasteiger charge is -2.28. The number of ether oxygens (including phenoxy) is 2. The van der Waals surface area contributed by atoms with Crippen molar-refractivity contribution in [2.75, 3.05) is 20.2 Å². The van der Waals surface area contributed by atoms with Gasteiger partial charge in [0.1, 0.15) is 30.0 Å². The molecule has 1 fully saturated rings. The van der Waals surface area contributed by atoms with Gasteiger partial charge in [-0.05, 0) is 84.5 Å². The van der Waals surface area contributed by atoms with Crippen molar-refractivity contribution in [2.45, 2.75) is 77.6 Å². The number of aromatic nitrogens is 4. The van der Waals surface area contributed by atoms with E-state index < -0.39 is 12.1 Å². The van der Waals surface area contributed by atoms with E-state index in [9.17, 15) is 14.4 Å². The third kappa shape index (κ3) is 6.84. The van der Waals surface area contributed by atoms with Gasteiger partial charge in [-0.2, -0.15) is 0 Å². The maximum absolute atomic E-state index is 14.1. The largest absolute Gasteiger partial charge is 0.488 e. The average molecular weight is 754 g/mol. The first-order valence-electron chi connectivity index (χ1n) is 19.5. The van der Waals surface area contributed by atoms with Gasteiger partial charge in [0.15, 0.2) is 0 Å². The molecule has 4 aromatic carbocycles. The second kappa shape index (κ2) is 15.5. The van der Waals surface area contributed by atoms with Gasteiger partial charge in [0.25, 0.3) is 5.91 Å². The van der Waals surface area contributed by atoms with Crippen molar-refractivity contribution in [1.29, 1.82) is 0 Å². The molecule has 8 rings (SSSR count). The molecule has 2 aromatic heterocycles. The van der Waals surface area contributed by atoms with E-state index in [1.54, 1.807) is 0 Å². The van der Waals surface area contributed by atoms with Gasteiger partial charge in [-0.1, -0.05) is 62.4 Å². The number of H-pyrrole nitrogens is 2. The van der Waals surface area contributed by atoms with Gasteiger partial charge in [-0.3, -0.25) is 9.59 Å². The summed E-state index contributed by atoms with van der Waals surface area (Å²) in [4.78, 5) is 59.7. The number of carbonyl (C=O) groups excluding carboxylic acids is 3. The third-order valence-electron chi connectivity index (χ3n) is 11.1. The van der Waals surface area contributed by atoms with Gasteiger partial charge < -0.3 is 34.6 Å². The number of benzene rings is 4. The molecule has 1 saturated heterocycles. The number of alkyl carbamates (subject to hydrolysis) is 1. The first-order valence-corrected chi connectivity index (χ1v) is 19.5. The Labute approximate surface area is 325 Å². The lowest BCUT2D eigenvalue weighted by atomic mass is 9.92. The maximum atomic E-state index is 14.1. The Kier molecular flexibility index (Phi) is 10.2. The van der Waals surface area contributed by atoms with Crippen molar-refractivity contribution in [3.8, 4) is 28.1 Å². The van der Waals surface area contributed by atoms with E-state index >= 15 is 0 Å². The summed E-state index contributed by atoms with van der Waals surface area (Å²) in [6.07, 6.45) is 4.97. The SMILES string of the molecule is CCCC(=O)N(CCC)[C@@H](C)c1ncc(-c2ccc3c(c2)COc2cc4c(ccc5[nH]c([C@@H]6CCCN6C(=O)[C@H](NC(=O)OC)c6ccccc6)nc54)cc2-3)[nH]1. The second-order valence-electron chi connectivity index (χ2n) is 14.7. The highest BCUT2D eigenvalue weighted by Crippen LogP contribution is 2.43. The van der Waals surface area contributed by atoms with Crippen LogP contribution < -0.4 is 10.1 Å². The van der Waals surface area contributed by atoms with E-state index in [2.05, 4.69) is 58.6 Å². The zero-order valence-electron chi connectivity index (χ0n) is 32.2. The van der Waals surface area contributed by atoms with Crippen LogP contribution in [0.25, 0.3) is 44.2 Å². The fourth-order valence-corrected chi connectivity index (χ4v) is 8.20. The van der Waals surface area contributed by atoms with E-state index in [-0.39, 0.29) is 23.9 Å². The quantitative estimate of drug-likeness (QED) is 0.120. The van der Waals surface area contributed by atoms with Crippen LogP contribution in [0.15, 0.2) is 79.0 Å². The molecule has 3 amide bonds. The highest BCUT2D eigenvalue weighted by Gasteiger charge is 2.37. The normalized spacial score (nSPS) is 15.9. The molecule has 0 unspecified atom stereocenters. The molecule has 12 nitrogen and oxygen atoms in total. The Hall–Kier alpha value is -6.17. The fraction of sp³-hybridized carbons (Fsp3) is 0.341. The Bertz CT molecular complexity index is 2420. The van der Waals surface area contributed by atoms with Gasteiger partial charge >= 0.3 is 6.09 Å². The van der Waals surface area contributed by atoms with Gasteiger partial charge in [-0.25, -0.2) is 14.8 Å². The number of aromatic amines is 2. The first-order chi connectivity index (χ1) is 27.3. The molecule has 56 heavy (non-hydrogen) atoms. The molecule has 0 saturated carbocycles. The Morgan fingerprint density at radius 3 is 2.64 bits per heavy atom. The molecular formula is C44H47N7O5. The van der Waals surface area contributed by atoms with E-state index in [4.69, 9.17) is 19.4 Å². The molecule has 0 radical (unpaired) electrons. The number of nitrogens with zero attached hydrogens (tertiary/aromatic N) is 4. The van der Waals surface area contributed by atoms with Gasteiger partial charge in [-0.15, -0.1) is 0 Å². The molecule has 6 aromatic rings. The summed E-state index contributed by atoms with van der Waals surface area (Å²) in [5.74, 6) is 2.22. The molecule has 2 aliphatic heterocycles. The molecule has 0 bridgehead atoms. The maximum Gasteiger partial charge on any atom is 0.407 e. The fourth-order valence-electron chi connectivity index (χ4n) is 8.20. The Morgan fingerprint density at radius 1 is 1.02 bits per heavy atom. The van der Waals surface area contributed by atoms with E-state index in [0.29, 0.717) is 37.5 Å². The summed E-state index contributed by atoms with van der Waals surface area (Å²) in [7, 11) is 1.29. The minimum absolute atomic E-state index is 0.150. The topological polar surface area (TPSA) is 146 Å². The van der Waals surface area contributed by atoms with Crippen LogP contribution in [0.1, 0.15) is 93.8 Å². The molecule has 2 aliphatic rings. The minimum atomic E-state index is -0.887. The van der Waals surface area contributed by atoms with Crippen LogP contribution in [-0.4, -0.2) is 67.8 Å². The van der Waals surface area contributed by atoms with Crippen LogP contribution >= 0.6 is 0 Å². The summed E-state index contributed by atoms with van der Waals surface area (Å²) >= 11 is 0. The van der Waals surface area contributed by atoms with Crippen molar-refractivity contribution in [1.82, 2.24) is 35.1 Å². The smallest absolute Gasteiger partial charge is 0.407 e. The molecule has 3 N–H and O–H groups in total. The number of imidazole rings is 2. The van der Waals surface area contributed by atoms with E-state index in [0.717, 1.165) is 87.0 Å². The standard InChI is InChI=1S/C44H47N7O5/c1-5-11-38(52)50(19-6-2)26(3)41-45-24-35(47-41)29-15-17-31-30(21-29)25-56-37-23-32-28(22-33(31)37)16-18-34-40(32)48-42(46-34)36-14-10-20-51(36)43(53)39(49-44(54)55-4)27-12-8-7-9-13-27/h7-9,12-13,15-18,21-24,26,36,39H,5-6,10-11,14,19-20,25H2,1-4H3,(H,45,47)(H,46,48)(H,49,54)/t26-,36-,39+/m0/s1. The predicted molar refractivity (Wildman–Crippen MR) is 215 cm³/mol. The van der Waals surface area contributed by atoms with Crippen molar-refractivity contribution in [2.24, 2.45) is 0 Å². The van der Waals surface area contributed by atoms with Gasteiger partial charge in [0.05, 0.1) is 42.1 Å². The number of methoxy groups -OCH3 is 1. The van der Waals surface area contributed by atoms with Crippen LogP contribution in [-0.2, 0) is 20.9 Å². The lowest BCUT2D eigenvalue weighted by molar-refractivity contribution is -0.135. The van der Waals surface area contributed by atoms with Gasteiger partial charge in [0, 0.05) is 30.5 Å². The van der Waals surface area contributed by atoms with Crippen LogP contribution in [0.2, 0.25) is 0 Å². The average Bonchev–Trinajstić information content (AvgIpc) is 4.01. The summed E-state index contributed by atoms with van der Waals surface area (Å²) in [5, 5.41) is 4.73. The van der Waals surface area contributed by atoms with Gasteiger partial charge in [0.2, 0.25) is 5.91 Å². The predicted octanol–water partition coefficient (Wildman–Crippen LogP) is 8.53. The lowest BCUT2D eigenvalue weighted by Crippen LogP contribution is -2.42. The van der Waals surface area contributed by atoms with Crippen LogP contribution in [0.4, 0.5) is 4.79 Å². The molecule has 0 spiro atoms. The zero-order chi connectivity index (χ0) is 38.9. The monoisotopic (exact) mass is 753 g/mol. The van der Waals surface area contributed by atoms with Crippen molar-refractivity contribution in [3.05, 3.63) is 102 Å². The molecule has 12 heteroatoms. The number of amides is 3. The molecule has 288 valence electrons. The molecule has 4 heterocycles. The van der Waals surface area contributed by atoms with Crippen LogP contribution in [0.3, 0.4) is 0 Å².